The normalized spacial score (nSPS) is 12.8. The summed E-state index contributed by atoms with van der Waals surface area (Å²) in [5.74, 6) is 0.152. The summed E-state index contributed by atoms with van der Waals surface area (Å²) < 4.78 is 1.87. The summed E-state index contributed by atoms with van der Waals surface area (Å²) in [4.78, 5) is 29.4. The van der Waals surface area contributed by atoms with Crippen molar-refractivity contribution in [2.75, 3.05) is 0 Å². The summed E-state index contributed by atoms with van der Waals surface area (Å²) in [5.41, 5.74) is 1.43. The Hall–Kier alpha value is -3.41. The molecular formula is C21H22N4O2. The fraction of sp³-hybridized carbons (Fsp3) is 0.190. The van der Waals surface area contributed by atoms with Crippen LogP contribution in [0.2, 0.25) is 0 Å². The minimum Gasteiger partial charge on any atom is -0.341 e. The fourth-order valence-corrected chi connectivity index (χ4v) is 2.80. The van der Waals surface area contributed by atoms with E-state index in [0.717, 1.165) is 11.4 Å². The van der Waals surface area contributed by atoms with E-state index < -0.39 is 12.1 Å². The van der Waals surface area contributed by atoms with Crippen molar-refractivity contribution in [3.8, 4) is 0 Å². The zero-order chi connectivity index (χ0) is 19.2. The lowest BCUT2D eigenvalue weighted by Gasteiger charge is -2.22. The number of imidazole rings is 1. The Labute approximate surface area is 158 Å². The Morgan fingerprint density at radius 3 is 2.19 bits per heavy atom. The average Bonchev–Trinajstić information content (AvgIpc) is 3.12. The van der Waals surface area contributed by atoms with Gasteiger partial charge in [-0.25, -0.2) is 4.98 Å². The number of nitrogens with one attached hydrogen (secondary N) is 2. The van der Waals surface area contributed by atoms with Crippen molar-refractivity contribution in [2.24, 2.45) is 7.05 Å². The molecule has 2 N–H and O–H groups in total. The highest BCUT2D eigenvalue weighted by Gasteiger charge is 2.24. The minimum atomic E-state index is -0.691. The van der Waals surface area contributed by atoms with Crippen LogP contribution >= 0.6 is 0 Å². The predicted molar refractivity (Wildman–Crippen MR) is 103 cm³/mol. The molecule has 0 saturated heterocycles. The molecular weight excluding hydrogens is 340 g/mol. The highest BCUT2D eigenvalue weighted by atomic mass is 16.2. The first-order chi connectivity index (χ1) is 13.1. The van der Waals surface area contributed by atoms with Crippen LogP contribution in [0.25, 0.3) is 0 Å². The van der Waals surface area contributed by atoms with Gasteiger partial charge in [0.15, 0.2) is 0 Å². The Morgan fingerprint density at radius 2 is 1.59 bits per heavy atom. The third-order valence-corrected chi connectivity index (χ3v) is 4.31. The minimum absolute atomic E-state index is 0.281. The van der Waals surface area contributed by atoms with E-state index >= 15 is 0 Å². The van der Waals surface area contributed by atoms with Crippen LogP contribution in [0.4, 0.5) is 0 Å². The molecule has 0 aliphatic carbocycles. The van der Waals surface area contributed by atoms with Crippen LogP contribution in [0.15, 0.2) is 73.1 Å². The van der Waals surface area contributed by atoms with Gasteiger partial charge in [-0.1, -0.05) is 48.5 Å². The van der Waals surface area contributed by atoms with E-state index in [2.05, 4.69) is 15.6 Å². The average molecular weight is 362 g/mol. The molecule has 0 aliphatic heterocycles. The van der Waals surface area contributed by atoms with Gasteiger partial charge < -0.3 is 15.2 Å². The van der Waals surface area contributed by atoms with Crippen molar-refractivity contribution in [1.82, 2.24) is 20.2 Å². The molecule has 138 valence electrons. The molecule has 6 heteroatoms. The van der Waals surface area contributed by atoms with Crippen LogP contribution in [0.3, 0.4) is 0 Å². The Kier molecular flexibility index (Phi) is 5.66. The lowest BCUT2D eigenvalue weighted by molar-refractivity contribution is -0.123. The van der Waals surface area contributed by atoms with E-state index in [-0.39, 0.29) is 11.8 Å². The van der Waals surface area contributed by atoms with Gasteiger partial charge in [0.25, 0.3) is 5.91 Å². The highest BCUT2D eigenvalue weighted by molar-refractivity contribution is 5.97. The Bertz CT molecular complexity index is 906. The molecule has 6 nitrogen and oxygen atoms in total. The molecule has 3 rings (SSSR count). The van der Waals surface area contributed by atoms with E-state index in [4.69, 9.17) is 0 Å². The monoisotopic (exact) mass is 362 g/mol. The maximum Gasteiger partial charge on any atom is 0.251 e. The molecule has 1 heterocycles. The van der Waals surface area contributed by atoms with E-state index in [9.17, 15) is 9.59 Å². The van der Waals surface area contributed by atoms with Gasteiger partial charge in [0, 0.05) is 25.0 Å². The van der Waals surface area contributed by atoms with E-state index in [1.54, 1.807) is 37.4 Å². The van der Waals surface area contributed by atoms with Crippen LogP contribution in [-0.4, -0.2) is 27.4 Å². The first-order valence-corrected chi connectivity index (χ1v) is 8.74. The molecule has 2 aromatic carbocycles. The van der Waals surface area contributed by atoms with Crippen LogP contribution < -0.4 is 10.6 Å². The number of aryl methyl sites for hydroxylation is 1. The molecule has 0 saturated carbocycles. The highest BCUT2D eigenvalue weighted by Crippen LogP contribution is 2.20. The van der Waals surface area contributed by atoms with Crippen molar-refractivity contribution in [2.45, 2.75) is 19.0 Å². The first kappa shape index (κ1) is 18.4. The number of nitrogens with zero attached hydrogens (tertiary/aromatic N) is 2. The number of hydrogen-bond donors (Lipinski definition) is 2. The summed E-state index contributed by atoms with van der Waals surface area (Å²) in [6.45, 7) is 1.66. The van der Waals surface area contributed by atoms with E-state index in [1.165, 1.54) is 0 Å². The van der Waals surface area contributed by atoms with Crippen molar-refractivity contribution >= 4 is 11.8 Å². The third kappa shape index (κ3) is 4.41. The van der Waals surface area contributed by atoms with Crippen LogP contribution in [0.1, 0.15) is 34.7 Å². The number of benzene rings is 2. The van der Waals surface area contributed by atoms with Gasteiger partial charge in [-0.2, -0.15) is 0 Å². The van der Waals surface area contributed by atoms with Crippen LogP contribution in [-0.2, 0) is 11.8 Å². The van der Waals surface area contributed by atoms with Crippen molar-refractivity contribution in [3.05, 3.63) is 90.0 Å². The quantitative estimate of drug-likeness (QED) is 0.707. The number of carbonyl (C=O) groups excluding carboxylic acids is 2. The topological polar surface area (TPSA) is 76.0 Å². The Balaban J connectivity index is 1.74. The Morgan fingerprint density at radius 1 is 0.963 bits per heavy atom. The van der Waals surface area contributed by atoms with E-state index in [1.807, 2.05) is 54.2 Å². The summed E-state index contributed by atoms with van der Waals surface area (Å²) in [6, 6.07) is 17.3. The van der Waals surface area contributed by atoms with Crippen molar-refractivity contribution < 1.29 is 9.59 Å². The van der Waals surface area contributed by atoms with Gasteiger partial charge >= 0.3 is 0 Å². The molecule has 0 fully saturated rings. The number of rotatable bonds is 6. The first-order valence-electron chi connectivity index (χ1n) is 8.74. The maximum absolute atomic E-state index is 12.7. The zero-order valence-electron chi connectivity index (χ0n) is 15.3. The molecule has 2 amide bonds. The second-order valence-corrected chi connectivity index (χ2v) is 6.31. The molecule has 27 heavy (non-hydrogen) atoms. The summed E-state index contributed by atoms with van der Waals surface area (Å²) in [5, 5.41) is 5.73. The SMILES string of the molecule is C[C@H](NC(=O)c1ccccc1)C(=O)N[C@H](c1ccccc1)c1nccn1C. The molecule has 3 aromatic rings. The predicted octanol–water partition coefficient (Wildman–Crippen LogP) is 2.44. The second-order valence-electron chi connectivity index (χ2n) is 6.31. The number of amides is 2. The molecule has 0 bridgehead atoms. The third-order valence-electron chi connectivity index (χ3n) is 4.31. The standard InChI is InChI=1S/C21H22N4O2/c1-15(23-21(27)17-11-7-4-8-12-17)20(26)24-18(16-9-5-3-6-10-16)19-22-13-14-25(19)2/h3-15,18H,1-2H3,(H,23,27)(H,24,26)/t15-,18+/m0/s1. The number of aromatic nitrogens is 2. The lowest BCUT2D eigenvalue weighted by atomic mass is 10.1. The van der Waals surface area contributed by atoms with E-state index in [0.29, 0.717) is 5.56 Å². The van der Waals surface area contributed by atoms with Crippen LogP contribution in [0.5, 0.6) is 0 Å². The largest absolute Gasteiger partial charge is 0.341 e. The molecule has 0 aliphatic rings. The molecule has 0 spiro atoms. The molecule has 0 radical (unpaired) electrons. The van der Waals surface area contributed by atoms with Gasteiger partial charge in [-0.15, -0.1) is 0 Å². The zero-order valence-corrected chi connectivity index (χ0v) is 15.3. The van der Waals surface area contributed by atoms with Gasteiger partial charge in [0.05, 0.1) is 0 Å². The second kappa shape index (κ2) is 8.31. The van der Waals surface area contributed by atoms with Crippen LogP contribution in [0, 0.1) is 0 Å². The molecule has 0 unspecified atom stereocenters. The smallest absolute Gasteiger partial charge is 0.251 e. The van der Waals surface area contributed by atoms with Gasteiger partial charge in [0.1, 0.15) is 17.9 Å². The number of hydrogen-bond acceptors (Lipinski definition) is 3. The summed E-state index contributed by atoms with van der Waals surface area (Å²) >= 11 is 0. The van der Waals surface area contributed by atoms with Gasteiger partial charge in [0.2, 0.25) is 5.91 Å². The number of carbonyl (C=O) groups is 2. The molecule has 2 atom stereocenters. The van der Waals surface area contributed by atoms with Crippen molar-refractivity contribution in [3.63, 3.8) is 0 Å². The maximum atomic E-state index is 12.7. The lowest BCUT2D eigenvalue weighted by Crippen LogP contribution is -2.46. The van der Waals surface area contributed by atoms with Gasteiger partial charge in [-0.3, -0.25) is 9.59 Å². The van der Waals surface area contributed by atoms with Gasteiger partial charge in [-0.05, 0) is 24.6 Å². The summed E-state index contributed by atoms with van der Waals surface area (Å²) in [6.07, 6.45) is 3.52. The fourth-order valence-electron chi connectivity index (χ4n) is 2.80. The summed E-state index contributed by atoms with van der Waals surface area (Å²) in [7, 11) is 1.88. The molecule has 1 aromatic heterocycles. The van der Waals surface area contributed by atoms with Crippen molar-refractivity contribution in [1.29, 1.82) is 0 Å².